The number of hydrogen-bond acceptors (Lipinski definition) is 4. The van der Waals surface area contributed by atoms with Crippen molar-refractivity contribution in [2.75, 3.05) is 7.11 Å². The van der Waals surface area contributed by atoms with Crippen LogP contribution in [0.2, 0.25) is 0 Å². The maximum atomic E-state index is 13.1. The normalized spacial score (nSPS) is 15.4. The van der Waals surface area contributed by atoms with Gasteiger partial charge in [-0.3, -0.25) is 4.79 Å². The predicted octanol–water partition coefficient (Wildman–Crippen LogP) is 5.50. The third-order valence-electron chi connectivity index (χ3n) is 5.20. The van der Waals surface area contributed by atoms with Gasteiger partial charge in [0, 0.05) is 15.9 Å². The van der Waals surface area contributed by atoms with Gasteiger partial charge in [-0.25, -0.2) is 4.99 Å². The topological polar surface area (TPSA) is 63.8 Å². The summed E-state index contributed by atoms with van der Waals surface area (Å²) in [6.45, 7) is 0. The Labute approximate surface area is 177 Å². The van der Waals surface area contributed by atoms with E-state index in [9.17, 15) is 4.79 Å². The van der Waals surface area contributed by atoms with Gasteiger partial charge in [-0.1, -0.05) is 35.2 Å². The SMILES string of the molecule is COc1ccc(N=c2oc3ccc(Br)cc3cc2C(=O)NC2CCCCC2)cc1. The van der Waals surface area contributed by atoms with Crippen molar-refractivity contribution in [2.45, 2.75) is 38.1 Å². The molecule has 5 nitrogen and oxygen atoms in total. The predicted molar refractivity (Wildman–Crippen MR) is 116 cm³/mol. The number of hydrogen-bond donors (Lipinski definition) is 1. The molecule has 29 heavy (non-hydrogen) atoms. The number of rotatable bonds is 4. The van der Waals surface area contributed by atoms with Crippen LogP contribution in [0.25, 0.3) is 11.0 Å². The largest absolute Gasteiger partial charge is 0.497 e. The molecule has 1 aromatic heterocycles. The van der Waals surface area contributed by atoms with E-state index in [1.165, 1.54) is 6.42 Å². The Hall–Kier alpha value is -2.60. The van der Waals surface area contributed by atoms with Crippen LogP contribution in [-0.2, 0) is 0 Å². The van der Waals surface area contributed by atoms with Crippen LogP contribution in [0.1, 0.15) is 42.5 Å². The number of nitrogens with zero attached hydrogens (tertiary/aromatic N) is 1. The monoisotopic (exact) mass is 454 g/mol. The highest BCUT2D eigenvalue weighted by Gasteiger charge is 2.19. The van der Waals surface area contributed by atoms with E-state index < -0.39 is 0 Å². The average molecular weight is 455 g/mol. The molecule has 0 spiro atoms. The Morgan fingerprint density at radius 2 is 1.86 bits per heavy atom. The van der Waals surface area contributed by atoms with Crippen LogP contribution in [-0.4, -0.2) is 19.1 Å². The minimum Gasteiger partial charge on any atom is -0.497 e. The summed E-state index contributed by atoms with van der Waals surface area (Å²) in [5, 5.41) is 4.02. The van der Waals surface area contributed by atoms with Crippen molar-refractivity contribution in [1.29, 1.82) is 0 Å². The molecule has 6 heteroatoms. The molecule has 150 valence electrons. The van der Waals surface area contributed by atoms with Crippen LogP contribution >= 0.6 is 15.9 Å². The van der Waals surface area contributed by atoms with Crippen LogP contribution in [0.3, 0.4) is 0 Å². The fraction of sp³-hybridized carbons (Fsp3) is 0.304. The minimum absolute atomic E-state index is 0.144. The molecule has 0 saturated heterocycles. The summed E-state index contributed by atoms with van der Waals surface area (Å²) >= 11 is 3.48. The number of carbonyl (C=O) groups is 1. The molecule has 2 aromatic carbocycles. The maximum Gasteiger partial charge on any atom is 0.257 e. The Balaban J connectivity index is 1.77. The number of halogens is 1. The molecule has 1 heterocycles. The quantitative estimate of drug-likeness (QED) is 0.565. The van der Waals surface area contributed by atoms with E-state index in [1.807, 2.05) is 48.5 Å². The van der Waals surface area contributed by atoms with Gasteiger partial charge >= 0.3 is 0 Å². The van der Waals surface area contributed by atoms with Crippen molar-refractivity contribution >= 4 is 38.5 Å². The van der Waals surface area contributed by atoms with Crippen molar-refractivity contribution in [3.8, 4) is 5.75 Å². The van der Waals surface area contributed by atoms with E-state index in [2.05, 4.69) is 26.2 Å². The summed E-state index contributed by atoms with van der Waals surface area (Å²) in [7, 11) is 1.62. The standard InChI is InChI=1S/C23H23BrN2O3/c1-28-19-10-8-18(9-11-19)26-23-20(22(27)25-17-5-3-2-4-6-17)14-15-13-16(24)7-12-21(15)29-23/h7-14,17H,2-6H2,1H3,(H,25,27). The Morgan fingerprint density at radius 1 is 1.10 bits per heavy atom. The smallest absolute Gasteiger partial charge is 0.257 e. The Kier molecular flexibility index (Phi) is 6.00. The van der Waals surface area contributed by atoms with E-state index in [4.69, 9.17) is 9.15 Å². The van der Waals surface area contributed by atoms with Crippen molar-refractivity contribution < 1.29 is 13.9 Å². The van der Waals surface area contributed by atoms with E-state index >= 15 is 0 Å². The molecule has 3 aromatic rings. The van der Waals surface area contributed by atoms with Gasteiger partial charge in [-0.05, 0) is 61.4 Å². The average Bonchev–Trinajstić information content (AvgIpc) is 2.74. The van der Waals surface area contributed by atoms with Gasteiger partial charge in [0.05, 0.1) is 12.8 Å². The first-order valence-corrected chi connectivity index (χ1v) is 10.6. The number of amides is 1. The first-order chi connectivity index (χ1) is 14.1. The van der Waals surface area contributed by atoms with Crippen LogP contribution in [0, 0.1) is 0 Å². The lowest BCUT2D eigenvalue weighted by Crippen LogP contribution is -2.38. The van der Waals surface area contributed by atoms with E-state index in [0.717, 1.165) is 41.3 Å². The molecule has 1 saturated carbocycles. The van der Waals surface area contributed by atoms with E-state index in [0.29, 0.717) is 22.4 Å². The van der Waals surface area contributed by atoms with Crippen molar-refractivity contribution in [1.82, 2.24) is 5.32 Å². The minimum atomic E-state index is -0.144. The summed E-state index contributed by atoms with van der Waals surface area (Å²) in [5.41, 5.74) is 2.11. The van der Waals surface area contributed by atoms with E-state index in [1.54, 1.807) is 7.11 Å². The number of ether oxygens (including phenoxy) is 1. The number of benzene rings is 2. The van der Waals surface area contributed by atoms with Gasteiger partial charge in [0.1, 0.15) is 16.9 Å². The number of fused-ring (bicyclic) bond motifs is 1. The summed E-state index contributed by atoms with van der Waals surface area (Å²) in [5.74, 6) is 0.606. The summed E-state index contributed by atoms with van der Waals surface area (Å²) in [6.07, 6.45) is 5.59. The second-order valence-electron chi connectivity index (χ2n) is 7.27. The second kappa shape index (κ2) is 8.82. The zero-order valence-electron chi connectivity index (χ0n) is 16.3. The van der Waals surface area contributed by atoms with Gasteiger partial charge in [-0.15, -0.1) is 0 Å². The molecule has 1 fully saturated rings. The van der Waals surface area contributed by atoms with Gasteiger partial charge in [0.25, 0.3) is 5.91 Å². The van der Waals surface area contributed by atoms with Gasteiger partial charge in [0.2, 0.25) is 5.55 Å². The van der Waals surface area contributed by atoms with Crippen molar-refractivity contribution in [2.24, 2.45) is 4.99 Å². The van der Waals surface area contributed by atoms with Gasteiger partial charge < -0.3 is 14.5 Å². The van der Waals surface area contributed by atoms with Crippen molar-refractivity contribution in [3.05, 3.63) is 64.1 Å². The molecular weight excluding hydrogens is 432 g/mol. The molecule has 1 amide bonds. The molecule has 1 N–H and O–H groups in total. The van der Waals surface area contributed by atoms with Crippen LogP contribution in [0.5, 0.6) is 5.75 Å². The molecule has 0 unspecified atom stereocenters. The Morgan fingerprint density at radius 3 is 2.59 bits per heavy atom. The fourth-order valence-electron chi connectivity index (χ4n) is 3.63. The lowest BCUT2D eigenvalue weighted by Gasteiger charge is -2.22. The molecule has 0 radical (unpaired) electrons. The fourth-order valence-corrected chi connectivity index (χ4v) is 4.01. The summed E-state index contributed by atoms with van der Waals surface area (Å²) < 4.78 is 12.2. The highest BCUT2D eigenvalue weighted by Crippen LogP contribution is 2.22. The van der Waals surface area contributed by atoms with Crippen molar-refractivity contribution in [3.63, 3.8) is 0 Å². The zero-order valence-corrected chi connectivity index (χ0v) is 17.9. The third-order valence-corrected chi connectivity index (χ3v) is 5.69. The molecule has 0 atom stereocenters. The molecule has 1 aliphatic rings. The molecule has 4 rings (SSSR count). The lowest BCUT2D eigenvalue weighted by atomic mass is 9.95. The molecule has 0 bridgehead atoms. The maximum absolute atomic E-state index is 13.1. The lowest BCUT2D eigenvalue weighted by molar-refractivity contribution is 0.0923. The summed E-state index contributed by atoms with van der Waals surface area (Å²) in [6, 6.07) is 15.1. The second-order valence-corrected chi connectivity index (χ2v) is 8.18. The van der Waals surface area contributed by atoms with Gasteiger partial charge in [0.15, 0.2) is 0 Å². The summed E-state index contributed by atoms with van der Waals surface area (Å²) in [4.78, 5) is 17.7. The Bertz CT molecular complexity index is 1080. The molecular formula is C23H23BrN2O3. The van der Waals surface area contributed by atoms with Crippen LogP contribution < -0.4 is 15.6 Å². The van der Waals surface area contributed by atoms with Crippen LogP contribution in [0.4, 0.5) is 5.69 Å². The number of methoxy groups -OCH3 is 1. The zero-order chi connectivity index (χ0) is 20.2. The highest BCUT2D eigenvalue weighted by molar-refractivity contribution is 9.10. The highest BCUT2D eigenvalue weighted by atomic mass is 79.9. The number of carbonyl (C=O) groups excluding carboxylic acids is 1. The van der Waals surface area contributed by atoms with E-state index in [-0.39, 0.29) is 11.9 Å². The number of nitrogens with one attached hydrogen (secondary N) is 1. The molecule has 1 aliphatic carbocycles. The molecule has 0 aliphatic heterocycles. The van der Waals surface area contributed by atoms with Gasteiger partial charge in [-0.2, -0.15) is 0 Å². The van der Waals surface area contributed by atoms with Crippen LogP contribution in [0.15, 0.2) is 62.4 Å². The third kappa shape index (κ3) is 4.70. The first kappa shape index (κ1) is 19.7. The first-order valence-electron chi connectivity index (χ1n) is 9.85.